The molecular formula is C32H38FN7O4. The summed E-state index contributed by atoms with van der Waals surface area (Å²) in [6.45, 7) is 3.46. The molecule has 44 heavy (non-hydrogen) atoms. The Morgan fingerprint density at radius 1 is 0.705 bits per heavy atom. The third-order valence-electron chi connectivity index (χ3n) is 6.30. The van der Waals surface area contributed by atoms with Gasteiger partial charge in [-0.1, -0.05) is 42.5 Å². The highest BCUT2D eigenvalue weighted by atomic mass is 19.1. The first kappa shape index (κ1) is 32.1. The summed E-state index contributed by atoms with van der Waals surface area (Å²) in [6.07, 6.45) is 0.764. The number of nitrogens with one attached hydrogen (secondary N) is 4. The van der Waals surface area contributed by atoms with E-state index in [1.807, 2.05) is 48.5 Å². The zero-order valence-electron chi connectivity index (χ0n) is 24.7. The lowest BCUT2D eigenvalue weighted by atomic mass is 10.1. The first-order chi connectivity index (χ1) is 21.6. The standard InChI is InChI=1S/C32H38FN7O4/c1-42-28-12-10-24(11-13-28)14-15-35-30-38-31(40-32(39-30)37-23-25-6-5-9-27(33)22-25)36-17-19-44-21-20-43-18-16-34-29(41)26-7-3-2-4-8-26/h2-13,22H,14-21,23H2,1H3,(H,34,41)(H3,35,36,37,38,39,40). The molecule has 0 spiro atoms. The Hall–Kier alpha value is -4.81. The van der Waals surface area contributed by atoms with Crippen molar-refractivity contribution in [3.8, 4) is 5.75 Å². The topological polar surface area (TPSA) is 132 Å². The summed E-state index contributed by atoms with van der Waals surface area (Å²) in [6, 6.07) is 23.3. The molecule has 0 radical (unpaired) electrons. The Bertz CT molecular complexity index is 1430. The van der Waals surface area contributed by atoms with Gasteiger partial charge in [-0.3, -0.25) is 4.79 Å². The van der Waals surface area contributed by atoms with Gasteiger partial charge in [0.2, 0.25) is 17.8 Å². The first-order valence-electron chi connectivity index (χ1n) is 14.4. The quantitative estimate of drug-likeness (QED) is 0.116. The third kappa shape index (κ3) is 11.5. The van der Waals surface area contributed by atoms with Crippen molar-refractivity contribution < 1.29 is 23.4 Å². The van der Waals surface area contributed by atoms with Crippen LogP contribution in [0, 0.1) is 5.82 Å². The van der Waals surface area contributed by atoms with E-state index in [4.69, 9.17) is 14.2 Å². The molecule has 11 nitrogen and oxygen atoms in total. The van der Waals surface area contributed by atoms with Gasteiger partial charge in [0, 0.05) is 31.7 Å². The molecule has 0 bridgehead atoms. The highest BCUT2D eigenvalue weighted by molar-refractivity contribution is 5.94. The Balaban J connectivity index is 1.19. The summed E-state index contributed by atoms with van der Waals surface area (Å²) in [7, 11) is 1.64. The van der Waals surface area contributed by atoms with Gasteiger partial charge in [-0.05, 0) is 53.9 Å². The van der Waals surface area contributed by atoms with Gasteiger partial charge in [-0.25, -0.2) is 4.39 Å². The van der Waals surface area contributed by atoms with Crippen molar-refractivity contribution in [1.82, 2.24) is 20.3 Å². The first-order valence-corrected chi connectivity index (χ1v) is 14.4. The molecular weight excluding hydrogens is 565 g/mol. The van der Waals surface area contributed by atoms with Crippen molar-refractivity contribution >= 4 is 23.8 Å². The van der Waals surface area contributed by atoms with Crippen LogP contribution >= 0.6 is 0 Å². The minimum absolute atomic E-state index is 0.127. The molecule has 12 heteroatoms. The van der Waals surface area contributed by atoms with Crippen LogP contribution in [0.25, 0.3) is 0 Å². The fourth-order valence-corrected chi connectivity index (χ4v) is 4.04. The monoisotopic (exact) mass is 603 g/mol. The summed E-state index contributed by atoms with van der Waals surface area (Å²) in [5.41, 5.74) is 2.53. The van der Waals surface area contributed by atoms with Gasteiger partial charge in [0.25, 0.3) is 5.91 Å². The lowest BCUT2D eigenvalue weighted by Crippen LogP contribution is -2.27. The average molecular weight is 604 g/mol. The van der Waals surface area contributed by atoms with Crippen molar-refractivity contribution in [3.05, 3.63) is 101 Å². The maximum absolute atomic E-state index is 13.6. The van der Waals surface area contributed by atoms with Crippen molar-refractivity contribution in [2.45, 2.75) is 13.0 Å². The fraction of sp³-hybridized carbons (Fsp3) is 0.312. The minimum atomic E-state index is -0.302. The Morgan fingerprint density at radius 3 is 2.05 bits per heavy atom. The molecule has 3 aromatic carbocycles. The molecule has 1 heterocycles. The van der Waals surface area contributed by atoms with Gasteiger partial charge in [-0.2, -0.15) is 15.0 Å². The molecule has 0 aliphatic heterocycles. The maximum Gasteiger partial charge on any atom is 0.251 e. The number of carbonyl (C=O) groups is 1. The number of anilines is 3. The number of hydrogen-bond donors (Lipinski definition) is 4. The second-order valence-corrected chi connectivity index (χ2v) is 9.59. The van der Waals surface area contributed by atoms with E-state index in [9.17, 15) is 9.18 Å². The molecule has 4 N–H and O–H groups in total. The smallest absolute Gasteiger partial charge is 0.251 e. The summed E-state index contributed by atoms with van der Waals surface area (Å²) in [4.78, 5) is 25.4. The highest BCUT2D eigenvalue weighted by Gasteiger charge is 2.08. The molecule has 4 rings (SSSR count). The van der Waals surface area contributed by atoms with E-state index in [0.29, 0.717) is 76.0 Å². The number of amides is 1. The zero-order valence-corrected chi connectivity index (χ0v) is 24.7. The van der Waals surface area contributed by atoms with Crippen molar-refractivity contribution in [2.75, 3.05) is 69.1 Å². The lowest BCUT2D eigenvalue weighted by Gasteiger charge is -2.12. The molecule has 0 fully saturated rings. The Labute approximate surface area is 256 Å². The van der Waals surface area contributed by atoms with Crippen molar-refractivity contribution in [1.29, 1.82) is 0 Å². The van der Waals surface area contributed by atoms with Gasteiger partial charge in [-0.15, -0.1) is 0 Å². The van der Waals surface area contributed by atoms with E-state index < -0.39 is 0 Å². The van der Waals surface area contributed by atoms with Crippen molar-refractivity contribution in [2.24, 2.45) is 0 Å². The van der Waals surface area contributed by atoms with E-state index >= 15 is 0 Å². The van der Waals surface area contributed by atoms with E-state index in [-0.39, 0.29) is 11.7 Å². The van der Waals surface area contributed by atoms with Crippen molar-refractivity contribution in [3.63, 3.8) is 0 Å². The molecule has 0 unspecified atom stereocenters. The van der Waals surface area contributed by atoms with Crippen LogP contribution in [0.4, 0.5) is 22.2 Å². The van der Waals surface area contributed by atoms with Crippen LogP contribution in [0.5, 0.6) is 5.75 Å². The lowest BCUT2D eigenvalue weighted by molar-refractivity contribution is 0.0519. The molecule has 0 saturated carbocycles. The number of carbonyl (C=O) groups excluding carboxylic acids is 1. The van der Waals surface area contributed by atoms with Gasteiger partial charge in [0.1, 0.15) is 11.6 Å². The average Bonchev–Trinajstić information content (AvgIpc) is 3.05. The van der Waals surface area contributed by atoms with E-state index in [1.54, 1.807) is 25.3 Å². The normalized spacial score (nSPS) is 10.7. The van der Waals surface area contributed by atoms with Crippen LogP contribution in [0.2, 0.25) is 0 Å². The van der Waals surface area contributed by atoms with Gasteiger partial charge in [0.15, 0.2) is 0 Å². The van der Waals surface area contributed by atoms with E-state index in [2.05, 4.69) is 36.2 Å². The fourth-order valence-electron chi connectivity index (χ4n) is 4.04. The number of halogens is 1. The molecule has 232 valence electrons. The molecule has 1 amide bonds. The van der Waals surface area contributed by atoms with Crippen LogP contribution in [0.15, 0.2) is 78.9 Å². The van der Waals surface area contributed by atoms with Gasteiger partial charge >= 0.3 is 0 Å². The summed E-state index contributed by atoms with van der Waals surface area (Å²) < 4.78 is 30.0. The SMILES string of the molecule is COc1ccc(CCNc2nc(NCCOCCOCCNC(=O)c3ccccc3)nc(NCc3cccc(F)c3)n2)cc1. The maximum atomic E-state index is 13.6. The highest BCUT2D eigenvalue weighted by Crippen LogP contribution is 2.14. The van der Waals surface area contributed by atoms with E-state index in [0.717, 1.165) is 23.3 Å². The van der Waals surface area contributed by atoms with Crippen LogP contribution < -0.4 is 26.0 Å². The van der Waals surface area contributed by atoms with E-state index in [1.165, 1.54) is 12.1 Å². The number of rotatable bonds is 19. The molecule has 0 saturated heterocycles. The largest absolute Gasteiger partial charge is 0.497 e. The summed E-state index contributed by atoms with van der Waals surface area (Å²) in [5.74, 6) is 1.52. The number of hydrogen-bond acceptors (Lipinski definition) is 10. The molecule has 0 aliphatic carbocycles. The number of benzene rings is 3. The number of aromatic nitrogens is 3. The Morgan fingerprint density at radius 2 is 1.36 bits per heavy atom. The predicted octanol–water partition coefficient (Wildman–Crippen LogP) is 4.16. The predicted molar refractivity (Wildman–Crippen MR) is 168 cm³/mol. The zero-order chi connectivity index (χ0) is 30.8. The second-order valence-electron chi connectivity index (χ2n) is 9.59. The molecule has 0 aliphatic rings. The van der Waals surface area contributed by atoms with Crippen LogP contribution in [-0.4, -0.2) is 74.0 Å². The number of ether oxygens (including phenoxy) is 3. The van der Waals surface area contributed by atoms with Crippen LogP contribution in [0.3, 0.4) is 0 Å². The summed E-state index contributed by atoms with van der Waals surface area (Å²) >= 11 is 0. The third-order valence-corrected chi connectivity index (χ3v) is 6.30. The van der Waals surface area contributed by atoms with Crippen LogP contribution in [0.1, 0.15) is 21.5 Å². The molecule has 1 aromatic heterocycles. The molecule has 4 aromatic rings. The van der Waals surface area contributed by atoms with Gasteiger partial charge in [0.05, 0.1) is 33.5 Å². The minimum Gasteiger partial charge on any atom is -0.497 e. The number of methoxy groups -OCH3 is 1. The summed E-state index contributed by atoms with van der Waals surface area (Å²) in [5, 5.41) is 12.4. The molecule has 0 atom stereocenters. The van der Waals surface area contributed by atoms with Gasteiger partial charge < -0.3 is 35.5 Å². The Kier molecular flexibility index (Phi) is 13.1. The second kappa shape index (κ2) is 18.0. The number of nitrogens with zero attached hydrogens (tertiary/aromatic N) is 3. The van der Waals surface area contributed by atoms with Crippen LogP contribution in [-0.2, 0) is 22.4 Å².